The molecule has 3 rings (SSSR count). The third-order valence-electron chi connectivity index (χ3n) is 2.73. The van der Waals surface area contributed by atoms with Gasteiger partial charge in [0, 0.05) is 10.7 Å². The Morgan fingerprint density at radius 2 is 2.20 bits per heavy atom. The van der Waals surface area contributed by atoms with Crippen molar-refractivity contribution in [1.29, 1.82) is 0 Å². The molecular weight excluding hydrogens is 336 g/mol. The summed E-state index contributed by atoms with van der Waals surface area (Å²) in [6, 6.07) is 1.84. The van der Waals surface area contributed by atoms with E-state index in [-0.39, 0.29) is 12.4 Å². The predicted octanol–water partition coefficient (Wildman–Crippen LogP) is 2.87. The molecular formula is C11H8BrF2N5O. The highest BCUT2D eigenvalue weighted by Gasteiger charge is 2.17. The monoisotopic (exact) mass is 343 g/mol. The van der Waals surface area contributed by atoms with Crippen LogP contribution in [0.1, 0.15) is 24.0 Å². The van der Waals surface area contributed by atoms with Crippen LogP contribution in [0, 0.1) is 6.92 Å². The second kappa shape index (κ2) is 4.89. The quantitative estimate of drug-likeness (QED) is 0.731. The number of hydrogen-bond acceptors (Lipinski definition) is 5. The smallest absolute Gasteiger partial charge is 0.314 e. The predicted molar refractivity (Wildman–Crippen MR) is 68.3 cm³/mol. The molecule has 0 unspecified atom stereocenters. The Hall–Kier alpha value is -1.90. The van der Waals surface area contributed by atoms with Crippen LogP contribution in [0.25, 0.3) is 11.2 Å². The minimum atomic E-state index is -2.77. The van der Waals surface area contributed by atoms with Crippen molar-refractivity contribution in [2.45, 2.75) is 19.9 Å². The number of halogens is 3. The van der Waals surface area contributed by atoms with E-state index in [1.165, 1.54) is 0 Å². The van der Waals surface area contributed by atoms with Crippen molar-refractivity contribution >= 4 is 27.1 Å². The Morgan fingerprint density at radius 1 is 1.40 bits per heavy atom. The summed E-state index contributed by atoms with van der Waals surface area (Å²) in [5.41, 5.74) is 1.33. The van der Waals surface area contributed by atoms with Crippen LogP contribution in [0.4, 0.5) is 8.78 Å². The van der Waals surface area contributed by atoms with Crippen molar-refractivity contribution < 1.29 is 13.2 Å². The number of fused-ring (bicyclic) bond motifs is 1. The van der Waals surface area contributed by atoms with Crippen LogP contribution in [0.5, 0.6) is 0 Å². The van der Waals surface area contributed by atoms with E-state index < -0.39 is 12.3 Å². The number of nitrogens with zero attached hydrogens (tertiary/aromatic N) is 5. The molecule has 104 valence electrons. The molecule has 0 aliphatic rings. The lowest BCUT2D eigenvalue weighted by Crippen LogP contribution is -2.02. The second-order valence-electron chi connectivity index (χ2n) is 4.08. The number of pyridine rings is 1. The highest BCUT2D eigenvalue weighted by molar-refractivity contribution is 9.10. The van der Waals surface area contributed by atoms with Gasteiger partial charge in [-0.05, 0) is 28.9 Å². The normalized spacial score (nSPS) is 11.7. The van der Waals surface area contributed by atoms with Crippen LogP contribution in [0.15, 0.2) is 21.2 Å². The Morgan fingerprint density at radius 3 is 2.90 bits per heavy atom. The molecule has 3 aromatic rings. The molecule has 20 heavy (non-hydrogen) atoms. The zero-order valence-corrected chi connectivity index (χ0v) is 11.8. The number of rotatable bonds is 3. The van der Waals surface area contributed by atoms with E-state index >= 15 is 0 Å². The van der Waals surface area contributed by atoms with Crippen LogP contribution in [-0.4, -0.2) is 24.7 Å². The molecule has 0 bridgehead atoms. The Labute approximate surface area is 120 Å². The molecule has 0 aromatic carbocycles. The van der Waals surface area contributed by atoms with Gasteiger partial charge in [0.2, 0.25) is 5.89 Å². The van der Waals surface area contributed by atoms with Crippen LogP contribution in [0.2, 0.25) is 0 Å². The number of aryl methyl sites for hydroxylation is 1. The summed E-state index contributed by atoms with van der Waals surface area (Å²) in [4.78, 5) is 8.46. The van der Waals surface area contributed by atoms with E-state index in [1.54, 1.807) is 17.7 Å². The average Bonchev–Trinajstić information content (AvgIpc) is 2.97. The van der Waals surface area contributed by atoms with Crippen LogP contribution in [0.3, 0.4) is 0 Å². The van der Waals surface area contributed by atoms with Gasteiger partial charge in [-0.2, -0.15) is 8.78 Å². The van der Waals surface area contributed by atoms with Crippen LogP contribution in [-0.2, 0) is 6.54 Å². The van der Waals surface area contributed by atoms with Crippen LogP contribution >= 0.6 is 15.9 Å². The van der Waals surface area contributed by atoms with Gasteiger partial charge in [0.05, 0.1) is 5.52 Å². The molecule has 3 heterocycles. The fourth-order valence-corrected chi connectivity index (χ4v) is 2.17. The van der Waals surface area contributed by atoms with E-state index in [9.17, 15) is 8.78 Å². The number of imidazole rings is 1. The molecule has 0 radical (unpaired) electrons. The highest BCUT2D eigenvalue weighted by Crippen LogP contribution is 2.21. The summed E-state index contributed by atoms with van der Waals surface area (Å²) in [5, 5.41) is 6.90. The highest BCUT2D eigenvalue weighted by atomic mass is 79.9. The Kier molecular flexibility index (Phi) is 3.20. The topological polar surface area (TPSA) is 69.6 Å². The van der Waals surface area contributed by atoms with Crippen molar-refractivity contribution in [2.75, 3.05) is 0 Å². The second-order valence-corrected chi connectivity index (χ2v) is 4.99. The van der Waals surface area contributed by atoms with E-state index in [4.69, 9.17) is 4.42 Å². The molecule has 3 aromatic heterocycles. The summed E-state index contributed by atoms with van der Waals surface area (Å²) in [6.45, 7) is 1.96. The summed E-state index contributed by atoms with van der Waals surface area (Å²) in [5.74, 6) is 0.103. The number of hydrogen-bond donors (Lipinski definition) is 0. The van der Waals surface area contributed by atoms with Crippen molar-refractivity contribution in [1.82, 2.24) is 24.7 Å². The largest absolute Gasteiger partial charge is 0.418 e. The minimum absolute atomic E-state index is 0.0997. The molecule has 6 nitrogen and oxygen atoms in total. The maximum Gasteiger partial charge on any atom is 0.314 e. The van der Waals surface area contributed by atoms with E-state index in [0.717, 1.165) is 9.99 Å². The lowest BCUT2D eigenvalue weighted by molar-refractivity contribution is 0.113. The minimum Gasteiger partial charge on any atom is -0.418 e. The van der Waals surface area contributed by atoms with Crippen molar-refractivity contribution in [2.24, 2.45) is 0 Å². The van der Waals surface area contributed by atoms with Gasteiger partial charge in [-0.1, -0.05) is 0 Å². The fourth-order valence-electron chi connectivity index (χ4n) is 1.85. The molecule has 0 saturated carbocycles. The first-order valence-electron chi connectivity index (χ1n) is 5.63. The summed E-state index contributed by atoms with van der Waals surface area (Å²) >= 11 is 3.33. The molecule has 0 fully saturated rings. The molecule has 0 amide bonds. The summed E-state index contributed by atoms with van der Waals surface area (Å²) < 4.78 is 32.3. The Bertz CT molecular complexity index is 769. The van der Waals surface area contributed by atoms with Crippen molar-refractivity contribution in [3.63, 3.8) is 0 Å². The van der Waals surface area contributed by atoms with Gasteiger partial charge < -0.3 is 8.98 Å². The van der Waals surface area contributed by atoms with Crippen molar-refractivity contribution in [3.05, 3.63) is 34.3 Å². The molecule has 0 saturated heterocycles. The lowest BCUT2D eigenvalue weighted by atomic mass is 10.4. The van der Waals surface area contributed by atoms with E-state index in [2.05, 4.69) is 36.1 Å². The SMILES string of the molecule is Cc1nc2ncc(Br)cc2n1Cc1nnc(C(F)F)o1. The molecule has 0 atom stereocenters. The molecule has 0 N–H and O–H groups in total. The average molecular weight is 344 g/mol. The molecule has 0 aliphatic carbocycles. The van der Waals surface area contributed by atoms with Gasteiger partial charge in [0.1, 0.15) is 12.4 Å². The van der Waals surface area contributed by atoms with E-state index in [0.29, 0.717) is 11.5 Å². The van der Waals surface area contributed by atoms with Gasteiger partial charge in [-0.25, -0.2) is 9.97 Å². The van der Waals surface area contributed by atoms with Crippen molar-refractivity contribution in [3.8, 4) is 0 Å². The van der Waals surface area contributed by atoms with Gasteiger partial charge in [0.15, 0.2) is 5.65 Å². The lowest BCUT2D eigenvalue weighted by Gasteiger charge is -2.02. The fraction of sp³-hybridized carbons (Fsp3) is 0.273. The number of aromatic nitrogens is 5. The third kappa shape index (κ3) is 2.28. The summed E-state index contributed by atoms with van der Waals surface area (Å²) in [7, 11) is 0. The van der Waals surface area contributed by atoms with Gasteiger partial charge >= 0.3 is 6.43 Å². The maximum absolute atomic E-state index is 12.4. The standard InChI is InChI=1S/C11H8BrF2N5O/c1-5-16-10-7(2-6(12)3-15-10)19(5)4-8-17-18-11(20-8)9(13)14/h2-3,9H,4H2,1H3. The first kappa shape index (κ1) is 13.1. The first-order valence-corrected chi connectivity index (χ1v) is 6.42. The van der Waals surface area contributed by atoms with E-state index in [1.807, 2.05) is 6.07 Å². The Balaban J connectivity index is 2.01. The zero-order valence-electron chi connectivity index (χ0n) is 10.2. The third-order valence-corrected chi connectivity index (χ3v) is 3.16. The summed E-state index contributed by atoms with van der Waals surface area (Å²) in [6.07, 6.45) is -1.13. The molecule has 0 spiro atoms. The number of alkyl halides is 2. The first-order chi connectivity index (χ1) is 9.54. The maximum atomic E-state index is 12.4. The van der Waals surface area contributed by atoms with Gasteiger partial charge in [-0.3, -0.25) is 0 Å². The zero-order chi connectivity index (χ0) is 14.3. The van der Waals surface area contributed by atoms with Gasteiger partial charge in [0.25, 0.3) is 5.89 Å². The molecule has 9 heteroatoms. The van der Waals surface area contributed by atoms with Crippen LogP contribution < -0.4 is 0 Å². The molecule has 0 aliphatic heterocycles. The van der Waals surface area contributed by atoms with Gasteiger partial charge in [-0.15, -0.1) is 10.2 Å².